The summed E-state index contributed by atoms with van der Waals surface area (Å²) in [5.41, 5.74) is 1.58. The lowest BCUT2D eigenvalue weighted by Crippen LogP contribution is -2.51. The van der Waals surface area contributed by atoms with Gasteiger partial charge in [-0.1, -0.05) is 65.5 Å². The summed E-state index contributed by atoms with van der Waals surface area (Å²) in [6.45, 7) is 2.93. The maximum absolute atomic E-state index is 13.9. The van der Waals surface area contributed by atoms with Crippen LogP contribution < -0.4 is 9.62 Å². The molecule has 0 heterocycles. The molecule has 3 aromatic rings. The van der Waals surface area contributed by atoms with Gasteiger partial charge in [-0.3, -0.25) is 13.9 Å². The Morgan fingerprint density at radius 1 is 0.921 bits per heavy atom. The van der Waals surface area contributed by atoms with E-state index in [4.69, 9.17) is 34.8 Å². The molecular formula is C27H28Cl3N3O4S. The number of carbonyl (C=O) groups excluding carboxylic acids is 2. The fourth-order valence-electron chi connectivity index (χ4n) is 3.91. The third-order valence-electron chi connectivity index (χ3n) is 6.02. The molecule has 0 radical (unpaired) electrons. The number of benzene rings is 3. The SMILES string of the molecule is CC[C@H](C(=O)NC)N(Cc1c(Cl)cccc1Cl)C(=O)CN(c1ccc(Cl)cc1)S(=O)(=O)c1ccc(C)cc1. The van der Waals surface area contributed by atoms with Crippen molar-refractivity contribution in [2.75, 3.05) is 17.9 Å². The van der Waals surface area contributed by atoms with Gasteiger partial charge in [0.25, 0.3) is 10.0 Å². The van der Waals surface area contributed by atoms with Crippen molar-refractivity contribution in [2.24, 2.45) is 0 Å². The lowest BCUT2D eigenvalue weighted by Gasteiger charge is -2.33. The molecule has 202 valence electrons. The van der Waals surface area contributed by atoms with Gasteiger partial charge in [0.1, 0.15) is 12.6 Å². The Hall–Kier alpha value is -2.78. The van der Waals surface area contributed by atoms with E-state index in [0.29, 0.717) is 20.6 Å². The van der Waals surface area contributed by atoms with Gasteiger partial charge in [0.2, 0.25) is 11.8 Å². The Kier molecular flexibility index (Phi) is 10.1. The van der Waals surface area contributed by atoms with E-state index in [9.17, 15) is 18.0 Å². The van der Waals surface area contributed by atoms with E-state index in [1.54, 1.807) is 49.4 Å². The molecule has 2 amide bonds. The van der Waals surface area contributed by atoms with Crippen LogP contribution in [-0.4, -0.2) is 44.8 Å². The molecule has 0 aromatic heterocycles. The molecule has 7 nitrogen and oxygen atoms in total. The van der Waals surface area contributed by atoms with Crippen LogP contribution in [0.15, 0.2) is 71.6 Å². The van der Waals surface area contributed by atoms with Crippen LogP contribution in [0.4, 0.5) is 5.69 Å². The van der Waals surface area contributed by atoms with Crippen LogP contribution >= 0.6 is 34.8 Å². The number of sulfonamides is 1. The maximum atomic E-state index is 13.9. The second-order valence-corrected chi connectivity index (χ2v) is 11.7. The van der Waals surface area contributed by atoms with Gasteiger partial charge in [-0.05, 0) is 61.9 Å². The number of halogens is 3. The highest BCUT2D eigenvalue weighted by atomic mass is 35.5. The van der Waals surface area contributed by atoms with Crippen molar-refractivity contribution in [3.05, 3.63) is 92.9 Å². The number of likely N-dealkylation sites (N-methyl/N-ethyl adjacent to an activating group) is 1. The molecule has 1 N–H and O–H groups in total. The number of nitrogens with one attached hydrogen (secondary N) is 1. The van der Waals surface area contributed by atoms with Crippen LogP contribution in [0.1, 0.15) is 24.5 Å². The van der Waals surface area contributed by atoms with Crippen molar-refractivity contribution < 1.29 is 18.0 Å². The summed E-state index contributed by atoms with van der Waals surface area (Å²) in [5, 5.41) is 3.63. The number of aryl methyl sites for hydroxylation is 1. The van der Waals surface area contributed by atoms with E-state index in [1.165, 1.54) is 36.2 Å². The Labute approximate surface area is 238 Å². The average molecular weight is 597 g/mol. The van der Waals surface area contributed by atoms with Gasteiger partial charge in [0.15, 0.2) is 0 Å². The Balaban J connectivity index is 2.09. The first-order valence-electron chi connectivity index (χ1n) is 11.8. The van der Waals surface area contributed by atoms with Crippen LogP contribution in [0, 0.1) is 6.92 Å². The van der Waals surface area contributed by atoms with E-state index in [2.05, 4.69) is 5.32 Å². The molecule has 1 atom stereocenters. The highest BCUT2D eigenvalue weighted by Gasteiger charge is 2.34. The number of amides is 2. The van der Waals surface area contributed by atoms with Gasteiger partial charge in [-0.25, -0.2) is 8.42 Å². The lowest BCUT2D eigenvalue weighted by atomic mass is 10.1. The average Bonchev–Trinajstić information content (AvgIpc) is 2.89. The van der Waals surface area contributed by atoms with Gasteiger partial charge < -0.3 is 10.2 Å². The number of nitrogens with zero attached hydrogens (tertiary/aromatic N) is 2. The minimum atomic E-state index is -4.17. The Bertz CT molecular complexity index is 1380. The zero-order valence-corrected chi connectivity index (χ0v) is 24.2. The predicted octanol–water partition coefficient (Wildman–Crippen LogP) is 5.70. The van der Waals surface area contributed by atoms with Crippen LogP contribution in [0.2, 0.25) is 15.1 Å². The van der Waals surface area contributed by atoms with Crippen molar-refractivity contribution in [1.29, 1.82) is 0 Å². The summed E-state index contributed by atoms with van der Waals surface area (Å²) in [6, 6.07) is 16.5. The third-order valence-corrected chi connectivity index (χ3v) is 8.77. The largest absolute Gasteiger partial charge is 0.357 e. The van der Waals surface area contributed by atoms with Gasteiger partial charge in [-0.2, -0.15) is 0 Å². The molecule has 0 aliphatic rings. The Morgan fingerprint density at radius 2 is 1.50 bits per heavy atom. The molecule has 0 unspecified atom stereocenters. The highest BCUT2D eigenvalue weighted by molar-refractivity contribution is 7.92. The summed E-state index contributed by atoms with van der Waals surface area (Å²) < 4.78 is 28.6. The molecule has 3 rings (SSSR count). The van der Waals surface area contributed by atoms with Gasteiger partial charge in [-0.15, -0.1) is 0 Å². The van der Waals surface area contributed by atoms with E-state index < -0.39 is 34.4 Å². The van der Waals surface area contributed by atoms with Crippen LogP contribution in [0.3, 0.4) is 0 Å². The zero-order chi connectivity index (χ0) is 28.0. The molecule has 0 spiro atoms. The first-order chi connectivity index (χ1) is 18.0. The number of anilines is 1. The molecular weight excluding hydrogens is 569 g/mol. The van der Waals surface area contributed by atoms with Gasteiger partial charge in [0.05, 0.1) is 10.6 Å². The van der Waals surface area contributed by atoms with Gasteiger partial charge in [0, 0.05) is 34.2 Å². The summed E-state index contributed by atoms with van der Waals surface area (Å²) in [7, 11) is -2.70. The molecule has 38 heavy (non-hydrogen) atoms. The fraction of sp³-hybridized carbons (Fsp3) is 0.259. The van der Waals surface area contributed by atoms with Crippen LogP contribution in [0.25, 0.3) is 0 Å². The molecule has 0 aliphatic heterocycles. The van der Waals surface area contributed by atoms with Crippen molar-refractivity contribution in [1.82, 2.24) is 10.2 Å². The van der Waals surface area contributed by atoms with Crippen molar-refractivity contribution in [3.8, 4) is 0 Å². The molecule has 0 saturated heterocycles. The van der Waals surface area contributed by atoms with Gasteiger partial charge >= 0.3 is 0 Å². The molecule has 3 aromatic carbocycles. The smallest absolute Gasteiger partial charge is 0.264 e. The number of hydrogen-bond acceptors (Lipinski definition) is 4. The minimum absolute atomic E-state index is 0.0184. The minimum Gasteiger partial charge on any atom is -0.357 e. The van der Waals surface area contributed by atoms with Crippen LogP contribution in [-0.2, 0) is 26.2 Å². The molecule has 0 saturated carbocycles. The number of hydrogen-bond donors (Lipinski definition) is 1. The van der Waals surface area contributed by atoms with Crippen molar-refractivity contribution >= 4 is 62.3 Å². The fourth-order valence-corrected chi connectivity index (χ4v) is 5.97. The van der Waals surface area contributed by atoms with E-state index in [0.717, 1.165) is 9.87 Å². The van der Waals surface area contributed by atoms with Crippen molar-refractivity contribution in [3.63, 3.8) is 0 Å². The maximum Gasteiger partial charge on any atom is 0.264 e. The van der Waals surface area contributed by atoms with E-state index in [-0.39, 0.29) is 23.5 Å². The summed E-state index contributed by atoms with van der Waals surface area (Å²) in [4.78, 5) is 28.0. The van der Waals surface area contributed by atoms with Crippen LogP contribution in [0.5, 0.6) is 0 Å². The molecule has 0 fully saturated rings. The molecule has 0 bridgehead atoms. The summed E-state index contributed by atoms with van der Waals surface area (Å²) >= 11 is 18.8. The topological polar surface area (TPSA) is 86.8 Å². The zero-order valence-electron chi connectivity index (χ0n) is 21.1. The standard InChI is InChI=1S/C27H28Cl3N3O4S/c1-4-25(27(35)31-3)32(16-22-23(29)6-5-7-24(22)30)26(34)17-33(20-12-10-19(28)11-13-20)38(36,37)21-14-8-18(2)9-15-21/h5-15,25H,4,16-17H2,1-3H3,(H,31,35)/t25-/m1/s1. The van der Waals surface area contributed by atoms with E-state index in [1.807, 2.05) is 6.92 Å². The quantitative estimate of drug-likeness (QED) is 0.325. The first-order valence-corrected chi connectivity index (χ1v) is 14.4. The normalized spacial score (nSPS) is 12.1. The highest BCUT2D eigenvalue weighted by Crippen LogP contribution is 2.29. The predicted molar refractivity (Wildman–Crippen MR) is 152 cm³/mol. The first kappa shape index (κ1) is 29.8. The Morgan fingerprint density at radius 3 is 2.03 bits per heavy atom. The second-order valence-electron chi connectivity index (χ2n) is 8.56. The number of rotatable bonds is 10. The summed E-state index contributed by atoms with van der Waals surface area (Å²) in [5.74, 6) is -1.01. The summed E-state index contributed by atoms with van der Waals surface area (Å²) in [6.07, 6.45) is 0.277. The van der Waals surface area contributed by atoms with Crippen molar-refractivity contribution in [2.45, 2.75) is 37.8 Å². The second kappa shape index (κ2) is 12.8. The van der Waals surface area contributed by atoms with E-state index >= 15 is 0 Å². The lowest BCUT2D eigenvalue weighted by molar-refractivity contribution is -0.140. The molecule has 0 aliphatic carbocycles. The third kappa shape index (κ3) is 6.80. The number of carbonyl (C=O) groups is 2. The monoisotopic (exact) mass is 595 g/mol. The molecule has 11 heteroatoms.